The summed E-state index contributed by atoms with van der Waals surface area (Å²) >= 11 is 0. The molecule has 0 aliphatic heterocycles. The zero-order valence-electron chi connectivity index (χ0n) is 26.5. The molecular formula is C42H50. The lowest BCUT2D eigenvalue weighted by molar-refractivity contribution is 0.221. The number of hydrogen-bond acceptors (Lipinski definition) is 0. The molecule has 2 bridgehead atoms. The summed E-state index contributed by atoms with van der Waals surface area (Å²) in [5, 5.41) is 3.08. The van der Waals surface area contributed by atoms with Gasteiger partial charge in [0.2, 0.25) is 0 Å². The van der Waals surface area contributed by atoms with Gasteiger partial charge in [-0.15, -0.1) is 0 Å². The van der Waals surface area contributed by atoms with E-state index in [1.165, 1.54) is 133 Å². The lowest BCUT2D eigenvalue weighted by Gasteiger charge is -2.31. The Morgan fingerprint density at radius 2 is 1.64 bits per heavy atom. The summed E-state index contributed by atoms with van der Waals surface area (Å²) in [6, 6.07) is 15.0. The second kappa shape index (κ2) is 10.2. The first-order valence-electron chi connectivity index (χ1n) is 17.5. The van der Waals surface area contributed by atoms with E-state index in [0.29, 0.717) is 5.41 Å². The molecule has 42 heavy (non-hydrogen) atoms. The fraction of sp³-hybridized carbons (Fsp3) is 0.524. The van der Waals surface area contributed by atoms with Crippen LogP contribution in [0.3, 0.4) is 0 Å². The van der Waals surface area contributed by atoms with E-state index >= 15 is 0 Å². The van der Waals surface area contributed by atoms with Crippen LogP contribution in [-0.2, 0) is 12.8 Å². The molecule has 0 amide bonds. The molecule has 3 aromatic rings. The predicted molar refractivity (Wildman–Crippen MR) is 180 cm³/mol. The minimum Gasteiger partial charge on any atom is -0.0955 e. The molecule has 5 aliphatic carbocycles. The highest BCUT2D eigenvalue weighted by molar-refractivity contribution is 5.98. The highest BCUT2D eigenvalue weighted by atomic mass is 14.5. The number of aryl methyl sites for hydroxylation is 3. The van der Waals surface area contributed by atoms with E-state index in [4.69, 9.17) is 0 Å². The van der Waals surface area contributed by atoms with Gasteiger partial charge in [-0.05, 0) is 175 Å². The topological polar surface area (TPSA) is 0 Å². The maximum atomic E-state index is 4.40. The number of benzene rings is 3. The first-order chi connectivity index (χ1) is 20.4. The van der Waals surface area contributed by atoms with Crippen LogP contribution >= 0.6 is 0 Å². The maximum Gasteiger partial charge on any atom is -0.00680 e. The lowest BCUT2D eigenvalue weighted by Crippen LogP contribution is -2.20. The molecule has 0 radical (unpaired) electrons. The Kier molecular flexibility index (Phi) is 6.58. The number of fused-ring (bicyclic) bond motifs is 5. The first kappa shape index (κ1) is 27.0. The molecule has 0 heteroatoms. The van der Waals surface area contributed by atoms with Crippen LogP contribution in [-0.4, -0.2) is 0 Å². The summed E-state index contributed by atoms with van der Waals surface area (Å²) < 4.78 is 0. The van der Waals surface area contributed by atoms with Gasteiger partial charge in [0.15, 0.2) is 0 Å². The van der Waals surface area contributed by atoms with E-state index in [1.54, 1.807) is 16.5 Å². The summed E-state index contributed by atoms with van der Waals surface area (Å²) in [6.45, 7) is 11.3. The normalized spacial score (nSPS) is 29.6. The molecule has 0 aromatic heterocycles. The van der Waals surface area contributed by atoms with Gasteiger partial charge in [0, 0.05) is 0 Å². The second-order valence-corrected chi connectivity index (χ2v) is 15.5. The Hall–Kier alpha value is -2.60. The summed E-state index contributed by atoms with van der Waals surface area (Å²) in [5.41, 5.74) is 15.1. The predicted octanol–water partition coefficient (Wildman–Crippen LogP) is 11.7. The van der Waals surface area contributed by atoms with Crippen LogP contribution in [0.2, 0.25) is 0 Å². The van der Waals surface area contributed by atoms with E-state index < -0.39 is 0 Å². The van der Waals surface area contributed by atoms with Gasteiger partial charge in [0.1, 0.15) is 0 Å². The molecule has 1 unspecified atom stereocenters. The first-order valence-corrected chi connectivity index (χ1v) is 17.5. The van der Waals surface area contributed by atoms with Gasteiger partial charge in [-0.1, -0.05) is 80.3 Å². The van der Waals surface area contributed by atoms with Crippen LogP contribution in [0.1, 0.15) is 134 Å². The average molecular weight is 555 g/mol. The average Bonchev–Trinajstić information content (AvgIpc) is 3.75. The Morgan fingerprint density at radius 1 is 0.881 bits per heavy atom. The van der Waals surface area contributed by atoms with E-state index in [0.717, 1.165) is 30.1 Å². The van der Waals surface area contributed by atoms with Crippen LogP contribution in [0.25, 0.3) is 21.9 Å². The molecular weight excluding hydrogens is 504 g/mol. The monoisotopic (exact) mass is 554 g/mol. The van der Waals surface area contributed by atoms with E-state index in [2.05, 4.69) is 69.8 Å². The Bertz CT molecular complexity index is 1590. The molecule has 0 N–H and O–H groups in total. The lowest BCUT2D eigenvalue weighted by atomic mass is 9.74. The van der Waals surface area contributed by atoms with Gasteiger partial charge in [-0.25, -0.2) is 0 Å². The minimum absolute atomic E-state index is 0.658. The summed E-state index contributed by atoms with van der Waals surface area (Å²) in [4.78, 5) is 0. The smallest absolute Gasteiger partial charge is 0.00680 e. The molecule has 5 aliphatic rings. The fourth-order valence-electron chi connectivity index (χ4n) is 11.1. The number of rotatable bonds is 6. The second-order valence-electron chi connectivity index (χ2n) is 15.5. The van der Waals surface area contributed by atoms with Crippen LogP contribution in [0.4, 0.5) is 0 Å². The summed E-state index contributed by atoms with van der Waals surface area (Å²) in [6.07, 6.45) is 22.4. The van der Waals surface area contributed by atoms with Gasteiger partial charge >= 0.3 is 0 Å². The molecule has 0 nitrogen and oxygen atoms in total. The zero-order chi connectivity index (χ0) is 28.6. The van der Waals surface area contributed by atoms with Crippen molar-refractivity contribution in [2.75, 3.05) is 0 Å². The molecule has 218 valence electrons. The molecule has 4 fully saturated rings. The third kappa shape index (κ3) is 4.30. The van der Waals surface area contributed by atoms with Gasteiger partial charge < -0.3 is 0 Å². The van der Waals surface area contributed by atoms with Crippen molar-refractivity contribution in [1.82, 2.24) is 0 Å². The van der Waals surface area contributed by atoms with Crippen molar-refractivity contribution < 1.29 is 0 Å². The molecule has 0 saturated heterocycles. The third-order valence-electron chi connectivity index (χ3n) is 13.1. The molecule has 8 rings (SSSR count). The van der Waals surface area contributed by atoms with Crippen molar-refractivity contribution in [2.24, 2.45) is 23.2 Å². The molecule has 3 atom stereocenters. The van der Waals surface area contributed by atoms with Crippen molar-refractivity contribution in [3.8, 4) is 0 Å². The Balaban J connectivity index is 1.23. The van der Waals surface area contributed by atoms with Gasteiger partial charge in [-0.3, -0.25) is 0 Å². The summed E-state index contributed by atoms with van der Waals surface area (Å²) in [7, 11) is 0. The third-order valence-corrected chi connectivity index (χ3v) is 13.1. The zero-order valence-corrected chi connectivity index (χ0v) is 26.5. The van der Waals surface area contributed by atoms with Gasteiger partial charge in [0.05, 0.1) is 0 Å². The largest absolute Gasteiger partial charge is 0.0955 e. The quantitative estimate of drug-likeness (QED) is 0.284. The van der Waals surface area contributed by atoms with Gasteiger partial charge in [-0.2, -0.15) is 0 Å². The van der Waals surface area contributed by atoms with Crippen molar-refractivity contribution in [2.45, 2.75) is 117 Å². The van der Waals surface area contributed by atoms with Crippen molar-refractivity contribution in [1.29, 1.82) is 0 Å². The van der Waals surface area contributed by atoms with Crippen molar-refractivity contribution in [3.63, 3.8) is 0 Å². The minimum atomic E-state index is 0.658. The standard InChI is InChI=1S/C42H50/c1-26(2)40-27(3)9-12-32-13-14-37(41(32)40)35-15-16-36-38(28(35)4)24-31(17-20-42-18-5-7-34(42)8-6-19-42)25-39(36)33-22-29-10-11-30(21-29)23-33/h9,12,14-16,24-25,29-30,33-34H,1,5-8,10-11,13,17-23H2,2-4H3/t29-,30+,33?,34?,42?. The molecule has 0 heterocycles. The van der Waals surface area contributed by atoms with Crippen LogP contribution in [0, 0.1) is 37.0 Å². The van der Waals surface area contributed by atoms with E-state index in [9.17, 15) is 0 Å². The maximum absolute atomic E-state index is 4.40. The summed E-state index contributed by atoms with van der Waals surface area (Å²) in [5.74, 6) is 3.69. The van der Waals surface area contributed by atoms with E-state index in [-0.39, 0.29) is 0 Å². The molecule has 3 aromatic carbocycles. The Labute approximate surface area is 254 Å². The molecule has 0 spiro atoms. The number of allylic oxidation sites excluding steroid dienone is 2. The van der Waals surface area contributed by atoms with Crippen LogP contribution < -0.4 is 0 Å². The SMILES string of the molecule is C=C(C)c1c(C)ccc2c1C(c1ccc3c(C4C[C@H]5CC[C@@H](C4)C5)cc(CCC45CCCC4CCC5)cc3c1C)=CC2. The molecule has 4 saturated carbocycles. The van der Waals surface area contributed by atoms with Crippen LogP contribution in [0.15, 0.2) is 49.1 Å². The Morgan fingerprint density at radius 3 is 2.38 bits per heavy atom. The highest BCUT2D eigenvalue weighted by Crippen LogP contribution is 2.57. The van der Waals surface area contributed by atoms with Crippen molar-refractivity contribution in [3.05, 3.63) is 93.6 Å². The fourth-order valence-corrected chi connectivity index (χ4v) is 11.1. The van der Waals surface area contributed by atoms with Gasteiger partial charge in [0.25, 0.3) is 0 Å². The van der Waals surface area contributed by atoms with Crippen LogP contribution in [0.5, 0.6) is 0 Å². The van der Waals surface area contributed by atoms with E-state index in [1.807, 2.05) is 0 Å². The van der Waals surface area contributed by atoms with Crippen molar-refractivity contribution >= 4 is 21.9 Å². The number of hydrogen-bond donors (Lipinski definition) is 0. The highest BCUT2D eigenvalue weighted by Gasteiger charge is 2.45.